The second-order valence-electron chi connectivity index (χ2n) is 8.33. The average Bonchev–Trinajstić information content (AvgIpc) is 3.37. The minimum Gasteiger partial charge on any atom is -0.497 e. The highest BCUT2D eigenvalue weighted by Crippen LogP contribution is 2.15. The van der Waals surface area contributed by atoms with Gasteiger partial charge in [0.05, 0.1) is 13.4 Å². The van der Waals surface area contributed by atoms with Crippen LogP contribution in [0.1, 0.15) is 33.6 Å². The normalized spacial score (nSPS) is 10.6. The molecular weight excluding hydrogens is 476 g/mol. The predicted octanol–water partition coefficient (Wildman–Crippen LogP) is 5.09. The van der Waals surface area contributed by atoms with Crippen molar-refractivity contribution in [2.45, 2.75) is 25.9 Å². The van der Waals surface area contributed by atoms with Crippen LogP contribution < -0.4 is 15.4 Å². The van der Waals surface area contributed by atoms with Crippen LogP contribution in [0.25, 0.3) is 0 Å². The monoisotopic (exact) mass is 502 g/mol. The van der Waals surface area contributed by atoms with Crippen LogP contribution in [0.2, 0.25) is 5.02 Å². The standard InChI is InChI=1S/C28H27ClN4O3/c1-36-25-13-6-20(7-14-25)8-15-27(34)32-24-11-4-22(5-12-24)17-33-18-26(31-19-33)28(35)30-16-21-2-9-23(29)10-3-21/h2-7,9-14,18-19H,8,15-17H2,1H3,(H,30,35)(H,32,34). The fraction of sp³-hybridized carbons (Fsp3) is 0.179. The van der Waals surface area contributed by atoms with Crippen molar-refractivity contribution in [2.24, 2.45) is 0 Å². The van der Waals surface area contributed by atoms with Gasteiger partial charge >= 0.3 is 0 Å². The first-order valence-corrected chi connectivity index (χ1v) is 11.9. The van der Waals surface area contributed by atoms with Crippen LogP contribution in [0.3, 0.4) is 0 Å². The lowest BCUT2D eigenvalue weighted by molar-refractivity contribution is -0.116. The zero-order valence-electron chi connectivity index (χ0n) is 19.9. The second-order valence-corrected chi connectivity index (χ2v) is 8.77. The number of hydrogen-bond donors (Lipinski definition) is 2. The van der Waals surface area contributed by atoms with E-state index in [1.54, 1.807) is 31.8 Å². The molecule has 1 aromatic heterocycles. The van der Waals surface area contributed by atoms with E-state index in [4.69, 9.17) is 16.3 Å². The maximum atomic E-state index is 12.4. The van der Waals surface area contributed by atoms with Crippen LogP contribution in [-0.4, -0.2) is 28.5 Å². The van der Waals surface area contributed by atoms with Gasteiger partial charge in [-0.25, -0.2) is 4.98 Å². The lowest BCUT2D eigenvalue weighted by Crippen LogP contribution is -2.23. The number of carbonyl (C=O) groups excluding carboxylic acids is 2. The summed E-state index contributed by atoms with van der Waals surface area (Å²) in [4.78, 5) is 28.9. The van der Waals surface area contributed by atoms with Gasteiger partial charge in [-0.15, -0.1) is 0 Å². The highest BCUT2D eigenvalue weighted by Gasteiger charge is 2.10. The molecule has 0 saturated carbocycles. The van der Waals surface area contributed by atoms with Crippen LogP contribution in [0, 0.1) is 0 Å². The quantitative estimate of drug-likeness (QED) is 0.316. The molecule has 0 aliphatic heterocycles. The summed E-state index contributed by atoms with van der Waals surface area (Å²) in [5.74, 6) is 0.520. The molecule has 4 rings (SSSR count). The first kappa shape index (κ1) is 25.0. The molecule has 0 aliphatic rings. The lowest BCUT2D eigenvalue weighted by atomic mass is 10.1. The summed E-state index contributed by atoms with van der Waals surface area (Å²) in [6, 6.07) is 22.7. The summed E-state index contributed by atoms with van der Waals surface area (Å²) in [5.41, 5.74) is 4.16. The Bertz CT molecular complexity index is 1300. The van der Waals surface area contributed by atoms with Gasteiger partial charge in [-0.05, 0) is 59.5 Å². The van der Waals surface area contributed by atoms with E-state index in [0.717, 1.165) is 28.1 Å². The van der Waals surface area contributed by atoms with E-state index in [2.05, 4.69) is 15.6 Å². The van der Waals surface area contributed by atoms with E-state index in [1.807, 2.05) is 65.2 Å². The molecule has 36 heavy (non-hydrogen) atoms. The molecule has 0 fully saturated rings. The smallest absolute Gasteiger partial charge is 0.271 e. The van der Waals surface area contributed by atoms with Gasteiger partial charge in [0.1, 0.15) is 11.4 Å². The SMILES string of the molecule is COc1ccc(CCC(=O)Nc2ccc(Cn3cnc(C(=O)NCc4ccc(Cl)cc4)c3)cc2)cc1. The third-order valence-electron chi connectivity index (χ3n) is 5.63. The molecular formula is C28H27ClN4O3. The molecule has 184 valence electrons. The Hall–Kier alpha value is -4.10. The maximum Gasteiger partial charge on any atom is 0.271 e. The molecule has 0 spiro atoms. The number of nitrogens with zero attached hydrogens (tertiary/aromatic N) is 2. The van der Waals surface area contributed by atoms with E-state index in [-0.39, 0.29) is 11.8 Å². The Morgan fingerprint density at radius 1 is 0.917 bits per heavy atom. The van der Waals surface area contributed by atoms with Crippen LogP contribution in [0.4, 0.5) is 5.69 Å². The summed E-state index contributed by atoms with van der Waals surface area (Å²) >= 11 is 5.89. The highest BCUT2D eigenvalue weighted by molar-refractivity contribution is 6.30. The van der Waals surface area contributed by atoms with Gasteiger partial charge in [0, 0.05) is 36.4 Å². The Morgan fingerprint density at radius 3 is 2.28 bits per heavy atom. The fourth-order valence-electron chi connectivity index (χ4n) is 3.62. The van der Waals surface area contributed by atoms with Crippen LogP contribution >= 0.6 is 11.6 Å². The Labute approximate surface area is 215 Å². The van der Waals surface area contributed by atoms with Crippen molar-refractivity contribution in [1.29, 1.82) is 0 Å². The Kier molecular flexibility index (Phi) is 8.36. The van der Waals surface area contributed by atoms with Gasteiger partial charge in [0.2, 0.25) is 5.91 Å². The third kappa shape index (κ3) is 7.20. The molecule has 0 bridgehead atoms. The molecule has 7 nitrogen and oxygen atoms in total. The molecule has 3 aromatic carbocycles. The van der Waals surface area contributed by atoms with E-state index >= 15 is 0 Å². The van der Waals surface area contributed by atoms with Crippen molar-refractivity contribution in [3.05, 3.63) is 113 Å². The van der Waals surface area contributed by atoms with E-state index in [9.17, 15) is 9.59 Å². The van der Waals surface area contributed by atoms with Gasteiger partial charge in [-0.2, -0.15) is 0 Å². The number of rotatable bonds is 10. The second kappa shape index (κ2) is 12.0. The zero-order chi connectivity index (χ0) is 25.3. The average molecular weight is 503 g/mol. The molecule has 4 aromatic rings. The maximum absolute atomic E-state index is 12.4. The summed E-state index contributed by atoms with van der Waals surface area (Å²) in [5, 5.41) is 6.45. The number of aryl methyl sites for hydroxylation is 1. The van der Waals surface area contributed by atoms with Gasteiger partial charge in [-0.1, -0.05) is 48.0 Å². The van der Waals surface area contributed by atoms with Crippen molar-refractivity contribution in [3.63, 3.8) is 0 Å². The molecule has 0 radical (unpaired) electrons. The number of hydrogen-bond acceptors (Lipinski definition) is 4. The number of imidazole rings is 1. The van der Waals surface area contributed by atoms with Crippen molar-refractivity contribution in [3.8, 4) is 5.75 Å². The number of halogens is 1. The number of carbonyl (C=O) groups is 2. The third-order valence-corrected chi connectivity index (χ3v) is 5.89. The topological polar surface area (TPSA) is 85.2 Å². The summed E-state index contributed by atoms with van der Waals surface area (Å²) in [7, 11) is 1.63. The van der Waals surface area contributed by atoms with E-state index < -0.39 is 0 Å². The lowest BCUT2D eigenvalue weighted by Gasteiger charge is -2.08. The molecule has 0 atom stereocenters. The van der Waals surface area contributed by atoms with Gasteiger partial charge in [-0.3, -0.25) is 9.59 Å². The van der Waals surface area contributed by atoms with Crippen molar-refractivity contribution >= 4 is 29.1 Å². The molecule has 0 aliphatic carbocycles. The minimum atomic E-state index is -0.239. The number of benzene rings is 3. The number of methoxy groups -OCH3 is 1. The highest BCUT2D eigenvalue weighted by atomic mass is 35.5. The van der Waals surface area contributed by atoms with Crippen LogP contribution in [0.15, 0.2) is 85.3 Å². The minimum absolute atomic E-state index is 0.0394. The van der Waals surface area contributed by atoms with E-state index in [0.29, 0.717) is 36.6 Å². The number of nitrogens with one attached hydrogen (secondary N) is 2. The molecule has 1 heterocycles. The fourth-order valence-corrected chi connectivity index (χ4v) is 3.74. The number of anilines is 1. The van der Waals surface area contributed by atoms with Crippen LogP contribution in [0.5, 0.6) is 5.75 Å². The van der Waals surface area contributed by atoms with Gasteiger partial charge in [0.25, 0.3) is 5.91 Å². The number of aromatic nitrogens is 2. The number of amides is 2. The summed E-state index contributed by atoms with van der Waals surface area (Å²) in [6.07, 6.45) is 4.40. The number of ether oxygens (including phenoxy) is 1. The largest absolute Gasteiger partial charge is 0.497 e. The Morgan fingerprint density at radius 2 is 1.58 bits per heavy atom. The van der Waals surface area contributed by atoms with Crippen LogP contribution in [-0.2, 0) is 24.3 Å². The summed E-state index contributed by atoms with van der Waals surface area (Å²) in [6.45, 7) is 0.958. The summed E-state index contributed by atoms with van der Waals surface area (Å²) < 4.78 is 7.00. The zero-order valence-corrected chi connectivity index (χ0v) is 20.7. The van der Waals surface area contributed by atoms with Gasteiger partial charge in [0.15, 0.2) is 0 Å². The van der Waals surface area contributed by atoms with E-state index in [1.165, 1.54) is 0 Å². The van der Waals surface area contributed by atoms with Crippen molar-refractivity contribution < 1.29 is 14.3 Å². The molecule has 2 N–H and O–H groups in total. The molecule has 8 heteroatoms. The first-order valence-electron chi connectivity index (χ1n) is 11.5. The van der Waals surface area contributed by atoms with Crippen molar-refractivity contribution in [1.82, 2.24) is 14.9 Å². The molecule has 0 saturated heterocycles. The first-order chi connectivity index (χ1) is 17.5. The predicted molar refractivity (Wildman–Crippen MR) is 140 cm³/mol. The van der Waals surface area contributed by atoms with Crippen molar-refractivity contribution in [2.75, 3.05) is 12.4 Å². The molecule has 2 amide bonds. The van der Waals surface area contributed by atoms with Gasteiger partial charge < -0.3 is 19.9 Å². The molecule has 0 unspecified atom stereocenters. The Balaban J connectivity index is 1.23.